The summed E-state index contributed by atoms with van der Waals surface area (Å²) in [6.07, 6.45) is 3.05. The van der Waals surface area contributed by atoms with Crippen molar-refractivity contribution >= 4 is 23.6 Å². The molecule has 2 amide bonds. The maximum Gasteiger partial charge on any atom is 0.248 e. The Kier molecular flexibility index (Phi) is 4.86. The van der Waals surface area contributed by atoms with Gasteiger partial charge in [0.2, 0.25) is 11.8 Å². The van der Waals surface area contributed by atoms with Crippen molar-refractivity contribution in [1.82, 2.24) is 10.2 Å². The number of hydrogen-bond acceptors (Lipinski definition) is 3. The van der Waals surface area contributed by atoms with Crippen LogP contribution >= 0.6 is 11.8 Å². The molecule has 1 fully saturated rings. The predicted octanol–water partition coefficient (Wildman–Crippen LogP) is 1.26. The quantitative estimate of drug-likeness (QED) is 0.826. The van der Waals surface area contributed by atoms with E-state index in [0.29, 0.717) is 19.4 Å². The number of carbonyl (C=O) groups excluding carboxylic acids is 2. The molecule has 0 aliphatic carbocycles. The molecule has 1 aliphatic heterocycles. The fourth-order valence-electron chi connectivity index (χ4n) is 2.06. The molecule has 1 saturated heterocycles. The highest BCUT2D eigenvalue weighted by atomic mass is 32.2. The molecule has 0 radical (unpaired) electrons. The Hall–Kier alpha value is -0.710. The lowest BCUT2D eigenvalue weighted by Crippen LogP contribution is -2.55. The van der Waals surface area contributed by atoms with Gasteiger partial charge in [0.1, 0.15) is 5.54 Å². The smallest absolute Gasteiger partial charge is 0.248 e. The lowest BCUT2D eigenvalue weighted by atomic mass is 9.97. The SMILES string of the molecule is CCC1(C)NC(=O)CC(C)N(CCSC)C1=O. The monoisotopic (exact) mass is 258 g/mol. The molecular weight excluding hydrogens is 236 g/mol. The molecule has 4 nitrogen and oxygen atoms in total. The van der Waals surface area contributed by atoms with E-state index in [1.807, 2.05) is 31.9 Å². The minimum atomic E-state index is -0.736. The topological polar surface area (TPSA) is 49.4 Å². The van der Waals surface area contributed by atoms with E-state index in [4.69, 9.17) is 0 Å². The van der Waals surface area contributed by atoms with Gasteiger partial charge < -0.3 is 10.2 Å². The van der Waals surface area contributed by atoms with Crippen molar-refractivity contribution in [3.05, 3.63) is 0 Å². The van der Waals surface area contributed by atoms with Crippen LogP contribution < -0.4 is 5.32 Å². The Morgan fingerprint density at radius 1 is 1.53 bits per heavy atom. The van der Waals surface area contributed by atoms with E-state index >= 15 is 0 Å². The van der Waals surface area contributed by atoms with Gasteiger partial charge in [0.25, 0.3) is 0 Å². The van der Waals surface area contributed by atoms with Crippen LogP contribution in [0.1, 0.15) is 33.6 Å². The first-order valence-electron chi connectivity index (χ1n) is 6.05. The molecule has 0 bridgehead atoms. The zero-order valence-electron chi connectivity index (χ0n) is 11.1. The van der Waals surface area contributed by atoms with Crippen molar-refractivity contribution in [1.29, 1.82) is 0 Å². The third-order valence-electron chi connectivity index (χ3n) is 3.40. The lowest BCUT2D eigenvalue weighted by Gasteiger charge is -2.33. The number of thioether (sulfide) groups is 1. The predicted molar refractivity (Wildman–Crippen MR) is 71.0 cm³/mol. The Balaban J connectivity index is 2.93. The first kappa shape index (κ1) is 14.4. The van der Waals surface area contributed by atoms with Gasteiger partial charge in [-0.15, -0.1) is 0 Å². The number of nitrogens with zero attached hydrogens (tertiary/aromatic N) is 1. The summed E-state index contributed by atoms with van der Waals surface area (Å²) in [6, 6.07) is -0.0111. The summed E-state index contributed by atoms with van der Waals surface area (Å²) in [6.45, 7) is 6.41. The highest BCUT2D eigenvalue weighted by Crippen LogP contribution is 2.21. The van der Waals surface area contributed by atoms with Crippen molar-refractivity contribution < 1.29 is 9.59 Å². The van der Waals surface area contributed by atoms with Crippen molar-refractivity contribution in [3.8, 4) is 0 Å². The van der Waals surface area contributed by atoms with Gasteiger partial charge in [-0.3, -0.25) is 9.59 Å². The van der Waals surface area contributed by atoms with Crippen molar-refractivity contribution in [3.63, 3.8) is 0 Å². The molecule has 0 aromatic rings. The Morgan fingerprint density at radius 3 is 2.71 bits per heavy atom. The molecule has 2 atom stereocenters. The molecule has 0 spiro atoms. The summed E-state index contributed by atoms with van der Waals surface area (Å²) in [4.78, 5) is 26.0. The van der Waals surface area contributed by atoms with Crippen LogP contribution in [-0.2, 0) is 9.59 Å². The van der Waals surface area contributed by atoms with E-state index in [-0.39, 0.29) is 17.9 Å². The van der Waals surface area contributed by atoms with Crippen LogP contribution in [0.5, 0.6) is 0 Å². The highest BCUT2D eigenvalue weighted by molar-refractivity contribution is 7.98. The van der Waals surface area contributed by atoms with Crippen LogP contribution in [-0.4, -0.2) is 46.8 Å². The van der Waals surface area contributed by atoms with Crippen LogP contribution in [0.25, 0.3) is 0 Å². The molecule has 1 N–H and O–H groups in total. The average Bonchev–Trinajstić information content (AvgIpc) is 2.35. The molecule has 0 aromatic carbocycles. The molecule has 0 aromatic heterocycles. The number of amides is 2. The zero-order valence-corrected chi connectivity index (χ0v) is 11.9. The standard InChI is InChI=1S/C12H22N2O2S/c1-5-12(3)11(16)14(6-7-17-4)9(2)8-10(15)13-12/h9H,5-8H2,1-4H3,(H,13,15). The maximum absolute atomic E-state index is 12.5. The van der Waals surface area contributed by atoms with Crippen LogP contribution in [0.4, 0.5) is 0 Å². The van der Waals surface area contributed by atoms with E-state index in [1.54, 1.807) is 11.8 Å². The number of rotatable bonds is 4. The van der Waals surface area contributed by atoms with Gasteiger partial charge >= 0.3 is 0 Å². The molecule has 98 valence electrons. The maximum atomic E-state index is 12.5. The average molecular weight is 258 g/mol. The van der Waals surface area contributed by atoms with Gasteiger partial charge in [-0.2, -0.15) is 11.8 Å². The lowest BCUT2D eigenvalue weighted by molar-refractivity contribution is -0.139. The third kappa shape index (κ3) is 3.15. The van der Waals surface area contributed by atoms with Gasteiger partial charge in [0, 0.05) is 24.8 Å². The van der Waals surface area contributed by atoms with Gasteiger partial charge in [-0.25, -0.2) is 0 Å². The summed E-state index contributed by atoms with van der Waals surface area (Å²) >= 11 is 1.72. The van der Waals surface area contributed by atoms with Gasteiger partial charge in [0.15, 0.2) is 0 Å². The largest absolute Gasteiger partial charge is 0.342 e. The van der Waals surface area contributed by atoms with E-state index in [9.17, 15) is 9.59 Å². The summed E-state index contributed by atoms with van der Waals surface area (Å²) in [7, 11) is 0. The van der Waals surface area contributed by atoms with Gasteiger partial charge in [-0.1, -0.05) is 6.92 Å². The van der Waals surface area contributed by atoms with Crippen LogP contribution in [0.2, 0.25) is 0 Å². The second-order valence-corrected chi connectivity index (χ2v) is 5.76. The van der Waals surface area contributed by atoms with Crippen molar-refractivity contribution in [2.24, 2.45) is 0 Å². The Morgan fingerprint density at radius 2 is 2.18 bits per heavy atom. The fourth-order valence-corrected chi connectivity index (χ4v) is 2.44. The minimum Gasteiger partial charge on any atom is -0.342 e. The molecule has 1 heterocycles. The molecular formula is C12H22N2O2S. The minimum absolute atomic E-state index is 0.0111. The third-order valence-corrected chi connectivity index (χ3v) is 4.00. The van der Waals surface area contributed by atoms with E-state index < -0.39 is 5.54 Å². The number of carbonyl (C=O) groups is 2. The van der Waals surface area contributed by atoms with Crippen LogP contribution in [0.3, 0.4) is 0 Å². The first-order chi connectivity index (χ1) is 7.94. The van der Waals surface area contributed by atoms with Gasteiger partial charge in [0.05, 0.1) is 0 Å². The fraction of sp³-hybridized carbons (Fsp3) is 0.833. The zero-order chi connectivity index (χ0) is 13.1. The van der Waals surface area contributed by atoms with Gasteiger partial charge in [-0.05, 0) is 26.5 Å². The molecule has 1 rings (SSSR count). The Bertz CT molecular complexity index is 309. The summed E-state index contributed by atoms with van der Waals surface area (Å²) < 4.78 is 0. The second-order valence-electron chi connectivity index (χ2n) is 4.78. The second kappa shape index (κ2) is 5.76. The van der Waals surface area contributed by atoms with Crippen LogP contribution in [0.15, 0.2) is 0 Å². The van der Waals surface area contributed by atoms with E-state index in [2.05, 4.69) is 5.32 Å². The molecule has 1 aliphatic rings. The van der Waals surface area contributed by atoms with E-state index in [1.165, 1.54) is 0 Å². The molecule has 0 saturated carbocycles. The summed E-state index contributed by atoms with van der Waals surface area (Å²) in [5.41, 5.74) is -0.736. The highest BCUT2D eigenvalue weighted by Gasteiger charge is 2.41. The number of hydrogen-bond donors (Lipinski definition) is 1. The molecule has 17 heavy (non-hydrogen) atoms. The van der Waals surface area contributed by atoms with Crippen molar-refractivity contribution in [2.45, 2.75) is 45.2 Å². The summed E-state index contributed by atoms with van der Waals surface area (Å²) in [5.74, 6) is 0.929. The normalized spacial score (nSPS) is 30.1. The molecule has 5 heteroatoms. The van der Waals surface area contributed by atoms with E-state index in [0.717, 1.165) is 5.75 Å². The Labute approximate surface area is 108 Å². The number of nitrogens with one attached hydrogen (secondary N) is 1. The first-order valence-corrected chi connectivity index (χ1v) is 7.45. The van der Waals surface area contributed by atoms with Crippen molar-refractivity contribution in [2.75, 3.05) is 18.6 Å². The summed E-state index contributed by atoms with van der Waals surface area (Å²) in [5, 5.41) is 2.85. The molecule has 2 unspecified atom stereocenters. The van der Waals surface area contributed by atoms with Crippen LogP contribution in [0, 0.1) is 0 Å².